The van der Waals surface area contributed by atoms with Crippen LogP contribution in [0.15, 0.2) is 53.4 Å². The van der Waals surface area contributed by atoms with E-state index in [9.17, 15) is 4.79 Å². The van der Waals surface area contributed by atoms with E-state index in [-0.39, 0.29) is 0 Å². The Bertz CT molecular complexity index is 770. The second kappa shape index (κ2) is 5.13. The molecular weight excluding hydrogens is 304 g/mol. The molecule has 1 heterocycles. The maximum Gasteiger partial charge on any atom is 0.175 e. The first kappa shape index (κ1) is 14.8. The van der Waals surface area contributed by atoms with Gasteiger partial charge in [-0.25, -0.2) is 0 Å². The van der Waals surface area contributed by atoms with Crippen molar-refractivity contribution in [1.29, 1.82) is 0 Å². The summed E-state index contributed by atoms with van der Waals surface area (Å²) in [7, 11) is 0. The standard InChI is InChI=1S/C20H20O2S/c1-14-10-11-17-16(13-14)19(2)18(21)9-6-12-20(19,22-17)23-15-7-4-3-5-8-15/h3-5,7-8,10-11,13H,6,9,12H2,1-2H3. The molecule has 0 bridgehead atoms. The number of ketones is 1. The van der Waals surface area contributed by atoms with Gasteiger partial charge in [-0.2, -0.15) is 0 Å². The van der Waals surface area contributed by atoms with Gasteiger partial charge in [0.1, 0.15) is 16.9 Å². The Hall–Kier alpha value is -1.74. The zero-order chi connectivity index (χ0) is 16.1. The van der Waals surface area contributed by atoms with Gasteiger partial charge in [-0.15, -0.1) is 0 Å². The summed E-state index contributed by atoms with van der Waals surface area (Å²) in [5.41, 5.74) is 1.66. The van der Waals surface area contributed by atoms with Crippen molar-refractivity contribution in [2.45, 2.75) is 48.4 Å². The van der Waals surface area contributed by atoms with E-state index in [1.165, 1.54) is 5.56 Å². The SMILES string of the molecule is Cc1ccc2c(c1)C1(C)C(=O)CCCC1(Sc1ccccc1)O2. The van der Waals surface area contributed by atoms with Crippen molar-refractivity contribution < 1.29 is 9.53 Å². The highest BCUT2D eigenvalue weighted by atomic mass is 32.2. The van der Waals surface area contributed by atoms with E-state index in [0.29, 0.717) is 12.2 Å². The van der Waals surface area contributed by atoms with Gasteiger partial charge in [-0.3, -0.25) is 4.79 Å². The predicted octanol–water partition coefficient (Wildman–Crippen LogP) is 4.89. The third-order valence-electron chi connectivity index (χ3n) is 5.20. The highest BCUT2D eigenvalue weighted by Crippen LogP contribution is 2.61. The summed E-state index contributed by atoms with van der Waals surface area (Å²) in [6.45, 7) is 4.15. The summed E-state index contributed by atoms with van der Waals surface area (Å²) in [5, 5.41) is 0. The van der Waals surface area contributed by atoms with Crippen LogP contribution in [-0.4, -0.2) is 10.7 Å². The lowest BCUT2D eigenvalue weighted by Gasteiger charge is -2.44. The van der Waals surface area contributed by atoms with Gasteiger partial charge in [0.15, 0.2) is 4.93 Å². The number of ether oxygens (including phenoxy) is 1. The minimum absolute atomic E-state index is 0.302. The fourth-order valence-electron chi connectivity index (χ4n) is 3.86. The van der Waals surface area contributed by atoms with E-state index >= 15 is 0 Å². The van der Waals surface area contributed by atoms with Crippen LogP contribution < -0.4 is 4.74 Å². The number of aryl methyl sites for hydroxylation is 1. The molecule has 2 aromatic rings. The molecule has 2 aliphatic rings. The van der Waals surface area contributed by atoms with Gasteiger partial charge in [0.05, 0.1) is 0 Å². The molecule has 0 spiro atoms. The second-order valence-corrected chi connectivity index (χ2v) is 8.01. The third-order valence-corrected chi connectivity index (χ3v) is 6.74. The van der Waals surface area contributed by atoms with Crippen LogP contribution in [0.3, 0.4) is 0 Å². The lowest BCUT2D eigenvalue weighted by Crippen LogP contribution is -2.54. The molecule has 1 aliphatic heterocycles. The lowest BCUT2D eigenvalue weighted by molar-refractivity contribution is -0.130. The topological polar surface area (TPSA) is 26.3 Å². The number of thioether (sulfide) groups is 1. The number of carbonyl (C=O) groups excluding carboxylic acids is 1. The molecule has 118 valence electrons. The number of benzene rings is 2. The fourth-order valence-corrected chi connectivity index (χ4v) is 5.34. The largest absolute Gasteiger partial charge is 0.475 e. The number of rotatable bonds is 2. The Morgan fingerprint density at radius 3 is 2.70 bits per heavy atom. The first-order valence-electron chi connectivity index (χ1n) is 8.13. The summed E-state index contributed by atoms with van der Waals surface area (Å²) in [6.07, 6.45) is 2.42. The van der Waals surface area contributed by atoms with Crippen LogP contribution >= 0.6 is 11.8 Å². The molecule has 1 fully saturated rings. The Balaban J connectivity index is 1.86. The van der Waals surface area contributed by atoms with Crippen molar-refractivity contribution in [2.75, 3.05) is 0 Å². The average molecular weight is 324 g/mol. The zero-order valence-corrected chi connectivity index (χ0v) is 14.3. The number of fused-ring (bicyclic) bond motifs is 3. The van der Waals surface area contributed by atoms with Crippen molar-refractivity contribution in [3.05, 3.63) is 59.7 Å². The van der Waals surface area contributed by atoms with Gasteiger partial charge < -0.3 is 4.74 Å². The maximum absolute atomic E-state index is 13.0. The molecule has 0 saturated heterocycles. The second-order valence-electron chi connectivity index (χ2n) is 6.67. The first-order valence-corrected chi connectivity index (χ1v) is 8.94. The molecule has 2 unspecified atom stereocenters. The Morgan fingerprint density at radius 2 is 1.91 bits per heavy atom. The molecule has 4 rings (SSSR count). The summed E-state index contributed by atoms with van der Waals surface area (Å²) < 4.78 is 6.47. The number of hydrogen-bond donors (Lipinski definition) is 0. The monoisotopic (exact) mass is 324 g/mol. The molecule has 2 atom stereocenters. The smallest absolute Gasteiger partial charge is 0.175 e. The molecular formula is C20H20O2S. The van der Waals surface area contributed by atoms with Gasteiger partial charge in [-0.05, 0) is 44.9 Å². The van der Waals surface area contributed by atoms with Crippen molar-refractivity contribution in [2.24, 2.45) is 0 Å². The summed E-state index contributed by atoms with van der Waals surface area (Å²) in [5.74, 6) is 1.17. The van der Waals surface area contributed by atoms with E-state index in [4.69, 9.17) is 4.74 Å². The summed E-state index contributed by atoms with van der Waals surface area (Å²) >= 11 is 1.70. The highest BCUT2D eigenvalue weighted by molar-refractivity contribution is 8.00. The molecule has 0 aromatic heterocycles. The molecule has 0 N–H and O–H groups in total. The van der Waals surface area contributed by atoms with E-state index < -0.39 is 10.3 Å². The molecule has 3 heteroatoms. The Morgan fingerprint density at radius 1 is 1.13 bits per heavy atom. The van der Waals surface area contributed by atoms with Crippen LogP contribution in [0.5, 0.6) is 5.75 Å². The normalized spacial score (nSPS) is 28.9. The summed E-state index contributed by atoms with van der Waals surface area (Å²) in [6, 6.07) is 16.5. The maximum atomic E-state index is 13.0. The quantitative estimate of drug-likeness (QED) is 0.787. The molecule has 2 aromatic carbocycles. The number of carbonyl (C=O) groups is 1. The van der Waals surface area contributed by atoms with Crippen LogP contribution in [0.4, 0.5) is 0 Å². The van der Waals surface area contributed by atoms with Crippen molar-refractivity contribution >= 4 is 17.5 Å². The van der Waals surface area contributed by atoms with Crippen molar-refractivity contribution in [3.8, 4) is 5.75 Å². The third kappa shape index (κ3) is 2.06. The van der Waals surface area contributed by atoms with E-state index in [1.54, 1.807) is 11.8 Å². The van der Waals surface area contributed by atoms with E-state index in [2.05, 4.69) is 38.1 Å². The van der Waals surface area contributed by atoms with Crippen molar-refractivity contribution in [1.82, 2.24) is 0 Å². The predicted molar refractivity (Wildman–Crippen MR) is 93.0 cm³/mol. The van der Waals surface area contributed by atoms with E-state index in [0.717, 1.165) is 29.1 Å². The molecule has 23 heavy (non-hydrogen) atoms. The van der Waals surface area contributed by atoms with Gasteiger partial charge in [0, 0.05) is 16.9 Å². The van der Waals surface area contributed by atoms with Crippen LogP contribution in [0.25, 0.3) is 0 Å². The van der Waals surface area contributed by atoms with Gasteiger partial charge in [0.2, 0.25) is 0 Å². The zero-order valence-electron chi connectivity index (χ0n) is 13.5. The van der Waals surface area contributed by atoms with Crippen molar-refractivity contribution in [3.63, 3.8) is 0 Å². The molecule has 0 amide bonds. The van der Waals surface area contributed by atoms with Gasteiger partial charge in [0.25, 0.3) is 0 Å². The van der Waals surface area contributed by atoms with Crippen LogP contribution in [0.2, 0.25) is 0 Å². The van der Waals surface area contributed by atoms with Crippen LogP contribution in [0.1, 0.15) is 37.3 Å². The lowest BCUT2D eigenvalue weighted by atomic mass is 9.68. The van der Waals surface area contributed by atoms with Crippen LogP contribution in [-0.2, 0) is 10.2 Å². The van der Waals surface area contributed by atoms with E-state index in [1.807, 2.05) is 24.3 Å². The number of Topliss-reactive ketones (excluding diaryl/α,β-unsaturated/α-hetero) is 1. The molecule has 2 nitrogen and oxygen atoms in total. The molecule has 1 aliphatic carbocycles. The number of hydrogen-bond acceptors (Lipinski definition) is 3. The fraction of sp³-hybridized carbons (Fsp3) is 0.350. The minimum atomic E-state index is -0.576. The van der Waals surface area contributed by atoms with Gasteiger partial charge in [-0.1, -0.05) is 47.7 Å². The Kier molecular flexibility index (Phi) is 3.31. The first-order chi connectivity index (χ1) is 11.1. The average Bonchev–Trinajstić information content (AvgIpc) is 2.79. The summed E-state index contributed by atoms with van der Waals surface area (Å²) in [4.78, 5) is 13.6. The van der Waals surface area contributed by atoms with Crippen LogP contribution in [0, 0.1) is 6.92 Å². The minimum Gasteiger partial charge on any atom is -0.475 e. The highest BCUT2D eigenvalue weighted by Gasteiger charge is 2.63. The molecule has 1 saturated carbocycles. The Labute approximate surface area is 141 Å². The van der Waals surface area contributed by atoms with Gasteiger partial charge >= 0.3 is 0 Å². The molecule has 0 radical (unpaired) electrons.